The van der Waals surface area contributed by atoms with E-state index >= 15 is 0 Å². The molecule has 0 bridgehead atoms. The van der Waals surface area contributed by atoms with E-state index in [4.69, 9.17) is 0 Å². The van der Waals surface area contributed by atoms with Gasteiger partial charge in [-0.2, -0.15) is 0 Å². The Morgan fingerprint density at radius 3 is 2.60 bits per heavy atom. The first-order chi connectivity index (χ1) is 14.5. The predicted molar refractivity (Wildman–Crippen MR) is 114 cm³/mol. The number of aromatic nitrogens is 4. The highest BCUT2D eigenvalue weighted by atomic mass is 16.2. The van der Waals surface area contributed by atoms with Gasteiger partial charge in [-0.3, -0.25) is 19.1 Å². The van der Waals surface area contributed by atoms with Gasteiger partial charge in [-0.1, -0.05) is 12.8 Å². The van der Waals surface area contributed by atoms with Crippen molar-refractivity contribution in [1.29, 1.82) is 0 Å². The third-order valence-electron chi connectivity index (χ3n) is 6.47. The molecular weight excluding hydrogens is 384 g/mol. The quantitative estimate of drug-likeness (QED) is 0.756. The number of rotatable bonds is 5. The first kappa shape index (κ1) is 20.8. The van der Waals surface area contributed by atoms with Crippen LogP contribution in [0.1, 0.15) is 50.8 Å². The smallest absolute Gasteiger partial charge is 0.329 e. The molecule has 0 radical (unpaired) electrons. The van der Waals surface area contributed by atoms with Crippen molar-refractivity contribution in [3.63, 3.8) is 0 Å². The number of hydrogen-bond acceptors (Lipinski definition) is 5. The molecule has 1 atom stereocenters. The molecule has 2 aromatic rings. The number of hydrogen-bond donors (Lipinski definition) is 2. The van der Waals surface area contributed by atoms with Gasteiger partial charge < -0.3 is 14.8 Å². The number of carbonyl (C=O) groups excluding carboxylic acids is 1. The second-order valence-corrected chi connectivity index (χ2v) is 8.76. The second kappa shape index (κ2) is 9.16. The van der Waals surface area contributed by atoms with E-state index in [1.807, 2.05) is 4.90 Å². The molecule has 2 aliphatic rings. The van der Waals surface area contributed by atoms with Gasteiger partial charge >= 0.3 is 5.69 Å². The minimum Gasteiger partial charge on any atom is -0.342 e. The van der Waals surface area contributed by atoms with E-state index in [0.717, 1.165) is 26.1 Å². The number of amides is 1. The first-order valence-corrected chi connectivity index (χ1v) is 11.2. The largest absolute Gasteiger partial charge is 0.342 e. The van der Waals surface area contributed by atoms with Crippen LogP contribution in [0.5, 0.6) is 0 Å². The normalized spacial score (nSPS) is 21.1. The Kier molecular flexibility index (Phi) is 6.36. The number of aryl methyl sites for hydroxylation is 2. The van der Waals surface area contributed by atoms with Crippen LogP contribution in [0.3, 0.4) is 0 Å². The number of likely N-dealkylation sites (tertiary alicyclic amines) is 2. The zero-order chi connectivity index (χ0) is 21.1. The molecule has 1 amide bonds. The van der Waals surface area contributed by atoms with Crippen LogP contribution in [0, 0.1) is 5.92 Å². The van der Waals surface area contributed by atoms with Crippen molar-refractivity contribution >= 4 is 17.1 Å². The summed E-state index contributed by atoms with van der Waals surface area (Å²) < 4.78 is 1.30. The van der Waals surface area contributed by atoms with Gasteiger partial charge in [-0.15, -0.1) is 0 Å². The molecule has 0 spiro atoms. The lowest BCUT2D eigenvalue weighted by atomic mass is 9.97. The third-order valence-corrected chi connectivity index (χ3v) is 6.47. The number of nitrogens with zero attached hydrogens (tertiary/aromatic N) is 4. The van der Waals surface area contributed by atoms with E-state index in [1.54, 1.807) is 7.05 Å². The molecule has 2 saturated heterocycles. The van der Waals surface area contributed by atoms with Crippen LogP contribution < -0.4 is 11.2 Å². The van der Waals surface area contributed by atoms with Crippen LogP contribution in [-0.2, 0) is 18.3 Å². The fraction of sp³-hybridized carbons (Fsp3) is 0.714. The van der Waals surface area contributed by atoms with Gasteiger partial charge in [0.2, 0.25) is 5.91 Å². The molecule has 164 valence electrons. The van der Waals surface area contributed by atoms with Gasteiger partial charge in [0.05, 0.1) is 0 Å². The van der Waals surface area contributed by atoms with E-state index in [2.05, 4.69) is 19.9 Å². The first-order valence-electron chi connectivity index (χ1n) is 11.2. The van der Waals surface area contributed by atoms with Crippen LogP contribution in [-0.4, -0.2) is 67.9 Å². The molecule has 9 heteroatoms. The van der Waals surface area contributed by atoms with Crippen LogP contribution in [0.25, 0.3) is 11.2 Å². The van der Waals surface area contributed by atoms with E-state index in [0.29, 0.717) is 30.2 Å². The fourth-order valence-electron chi connectivity index (χ4n) is 4.78. The molecule has 2 fully saturated rings. The molecule has 4 heterocycles. The highest BCUT2D eigenvalue weighted by molar-refractivity contribution is 5.76. The topological polar surface area (TPSA) is 107 Å². The third kappa shape index (κ3) is 4.66. The number of carbonyl (C=O) groups is 1. The average molecular weight is 417 g/mol. The van der Waals surface area contributed by atoms with Crippen LogP contribution in [0.4, 0.5) is 0 Å². The van der Waals surface area contributed by atoms with Gasteiger partial charge in [0.15, 0.2) is 5.65 Å². The van der Waals surface area contributed by atoms with Gasteiger partial charge in [0.25, 0.3) is 5.56 Å². The van der Waals surface area contributed by atoms with E-state index < -0.39 is 11.2 Å². The summed E-state index contributed by atoms with van der Waals surface area (Å²) in [7, 11) is 1.56. The van der Waals surface area contributed by atoms with E-state index in [1.165, 1.54) is 49.8 Å². The summed E-state index contributed by atoms with van der Waals surface area (Å²) in [6.45, 7) is 5.15. The maximum Gasteiger partial charge on any atom is 0.329 e. The lowest BCUT2D eigenvalue weighted by Gasteiger charge is -2.35. The minimum absolute atomic E-state index is 0.138. The minimum atomic E-state index is -0.495. The van der Waals surface area contributed by atoms with Crippen molar-refractivity contribution in [2.24, 2.45) is 13.0 Å². The number of aromatic amines is 2. The molecule has 0 aliphatic carbocycles. The average Bonchev–Trinajstić information content (AvgIpc) is 3.02. The van der Waals surface area contributed by atoms with Gasteiger partial charge in [0, 0.05) is 39.5 Å². The maximum absolute atomic E-state index is 12.8. The SMILES string of the molecule is Cn1c(=O)[nH]c(=O)c2[nH]c(CCC(=O)N3CCCC(CN4CCCCCC4)C3)nc21. The monoisotopic (exact) mass is 416 g/mol. The van der Waals surface area contributed by atoms with Crippen molar-refractivity contribution in [3.05, 3.63) is 26.7 Å². The second-order valence-electron chi connectivity index (χ2n) is 8.76. The highest BCUT2D eigenvalue weighted by Gasteiger charge is 2.25. The number of fused-ring (bicyclic) bond motifs is 1. The fourth-order valence-corrected chi connectivity index (χ4v) is 4.78. The highest BCUT2D eigenvalue weighted by Crippen LogP contribution is 2.20. The molecule has 2 aromatic heterocycles. The summed E-state index contributed by atoms with van der Waals surface area (Å²) in [5.74, 6) is 1.25. The Bertz CT molecular complexity index is 998. The molecule has 2 aliphatic heterocycles. The Morgan fingerprint density at radius 1 is 1.07 bits per heavy atom. The molecule has 0 aromatic carbocycles. The van der Waals surface area contributed by atoms with Crippen LogP contribution in [0.15, 0.2) is 9.59 Å². The summed E-state index contributed by atoms with van der Waals surface area (Å²) in [5, 5.41) is 0. The van der Waals surface area contributed by atoms with Crippen molar-refractivity contribution < 1.29 is 4.79 Å². The Balaban J connectivity index is 1.34. The Labute approximate surface area is 175 Å². The molecule has 30 heavy (non-hydrogen) atoms. The van der Waals surface area contributed by atoms with E-state index in [9.17, 15) is 14.4 Å². The van der Waals surface area contributed by atoms with Gasteiger partial charge in [0.1, 0.15) is 11.3 Å². The summed E-state index contributed by atoms with van der Waals surface area (Å²) in [4.78, 5) is 50.7. The van der Waals surface area contributed by atoms with Crippen molar-refractivity contribution in [2.45, 2.75) is 51.4 Å². The Morgan fingerprint density at radius 2 is 1.83 bits per heavy atom. The molecule has 9 nitrogen and oxygen atoms in total. The summed E-state index contributed by atoms with van der Waals surface area (Å²) in [5.41, 5.74) is -0.382. The summed E-state index contributed by atoms with van der Waals surface area (Å²) in [6, 6.07) is 0. The standard InChI is InChI=1S/C21H32N6O3/c1-25-19-18(20(29)24-21(25)30)22-16(23-19)8-9-17(28)27-12-6-7-15(14-27)13-26-10-4-2-3-5-11-26/h15H,2-14H2,1H3,(H,22,23)(H,24,29,30). The molecule has 4 rings (SSSR count). The predicted octanol–water partition coefficient (Wildman–Crippen LogP) is 0.997. The lowest BCUT2D eigenvalue weighted by molar-refractivity contribution is -0.133. The lowest BCUT2D eigenvalue weighted by Crippen LogP contribution is -2.44. The zero-order valence-electron chi connectivity index (χ0n) is 17.8. The van der Waals surface area contributed by atoms with Gasteiger partial charge in [-0.05, 0) is 44.7 Å². The van der Waals surface area contributed by atoms with Gasteiger partial charge in [-0.25, -0.2) is 9.78 Å². The van der Waals surface area contributed by atoms with Crippen LogP contribution in [0.2, 0.25) is 0 Å². The summed E-state index contributed by atoms with van der Waals surface area (Å²) in [6.07, 6.45) is 8.30. The Hall–Kier alpha value is -2.42. The van der Waals surface area contributed by atoms with Crippen molar-refractivity contribution in [2.75, 3.05) is 32.7 Å². The number of piperidine rings is 1. The molecular formula is C21H32N6O3. The maximum atomic E-state index is 12.8. The molecule has 2 N–H and O–H groups in total. The molecule has 1 unspecified atom stereocenters. The van der Waals surface area contributed by atoms with Crippen LogP contribution >= 0.6 is 0 Å². The number of H-pyrrole nitrogens is 2. The number of imidazole rings is 1. The molecule has 0 saturated carbocycles. The van der Waals surface area contributed by atoms with E-state index in [-0.39, 0.29) is 11.4 Å². The summed E-state index contributed by atoms with van der Waals surface area (Å²) >= 11 is 0. The zero-order valence-corrected chi connectivity index (χ0v) is 17.8. The van der Waals surface area contributed by atoms with Crippen molar-refractivity contribution in [3.8, 4) is 0 Å². The van der Waals surface area contributed by atoms with Crippen molar-refractivity contribution in [1.82, 2.24) is 29.3 Å². The number of nitrogens with one attached hydrogen (secondary N) is 2.